The fraction of sp³-hybridized carbons (Fsp3) is 0.385. The van der Waals surface area contributed by atoms with Gasteiger partial charge in [0, 0.05) is 25.1 Å². The van der Waals surface area contributed by atoms with Gasteiger partial charge in [0.15, 0.2) is 11.5 Å². The Morgan fingerprint density at radius 2 is 1.95 bits per heavy atom. The lowest BCUT2D eigenvalue weighted by Crippen LogP contribution is -2.06. The van der Waals surface area contributed by atoms with Crippen LogP contribution >= 0.6 is 0 Å². The number of hydrogen-bond donors (Lipinski definition) is 1. The van der Waals surface area contributed by atoms with Crippen LogP contribution in [0.5, 0.6) is 11.5 Å². The van der Waals surface area contributed by atoms with E-state index < -0.39 is 0 Å². The van der Waals surface area contributed by atoms with Gasteiger partial charge in [0.25, 0.3) is 0 Å². The van der Waals surface area contributed by atoms with E-state index in [-0.39, 0.29) is 5.78 Å². The first-order valence-electron chi connectivity index (χ1n) is 5.94. The number of aryl methyl sites for hydroxylation is 1. The van der Waals surface area contributed by atoms with Crippen molar-refractivity contribution in [1.82, 2.24) is 9.55 Å². The van der Waals surface area contributed by atoms with Crippen molar-refractivity contribution in [2.45, 2.75) is 19.9 Å². The Morgan fingerprint density at radius 1 is 1.32 bits per heavy atom. The van der Waals surface area contributed by atoms with E-state index in [1.165, 1.54) is 0 Å². The number of fused-ring (bicyclic) bond motifs is 1. The molecule has 0 unspecified atom stereocenters. The second-order valence-corrected chi connectivity index (χ2v) is 4.27. The number of nitrogen functional groups attached to an aromatic ring is 1. The average molecular weight is 263 g/mol. The molecule has 0 saturated heterocycles. The van der Waals surface area contributed by atoms with Crippen LogP contribution in [0.15, 0.2) is 12.1 Å². The molecule has 0 fully saturated rings. The number of aromatic nitrogens is 2. The number of methoxy groups -OCH3 is 2. The second-order valence-electron chi connectivity index (χ2n) is 4.27. The number of carbonyl (C=O) groups excluding carboxylic acids is 1. The van der Waals surface area contributed by atoms with Gasteiger partial charge in [-0.1, -0.05) is 0 Å². The molecule has 0 saturated carbocycles. The smallest absolute Gasteiger partial charge is 0.201 e. The molecule has 0 aliphatic rings. The summed E-state index contributed by atoms with van der Waals surface area (Å²) >= 11 is 0. The van der Waals surface area contributed by atoms with Gasteiger partial charge in [-0.15, -0.1) is 0 Å². The van der Waals surface area contributed by atoms with E-state index in [1.807, 2.05) is 6.07 Å². The normalized spacial score (nSPS) is 10.7. The Balaban J connectivity index is 2.52. The van der Waals surface area contributed by atoms with Crippen LogP contribution in [0.3, 0.4) is 0 Å². The maximum absolute atomic E-state index is 11.1. The summed E-state index contributed by atoms with van der Waals surface area (Å²) in [5.41, 5.74) is 7.43. The number of ether oxygens (including phenoxy) is 2. The Bertz CT molecular complexity index is 619. The Kier molecular flexibility index (Phi) is 3.59. The number of Topliss-reactive ketones (excluding diaryl/α,β-unsaturated/α-hetero) is 1. The van der Waals surface area contributed by atoms with Crippen molar-refractivity contribution in [2.75, 3.05) is 20.0 Å². The van der Waals surface area contributed by atoms with Crippen molar-refractivity contribution >= 4 is 22.8 Å². The van der Waals surface area contributed by atoms with E-state index in [2.05, 4.69) is 4.98 Å². The third kappa shape index (κ3) is 2.47. The van der Waals surface area contributed by atoms with E-state index in [9.17, 15) is 4.79 Å². The van der Waals surface area contributed by atoms with Crippen LogP contribution in [0.2, 0.25) is 0 Å². The molecule has 0 aliphatic carbocycles. The number of hydrogen-bond acceptors (Lipinski definition) is 5. The van der Waals surface area contributed by atoms with Crippen LogP contribution in [0.25, 0.3) is 11.0 Å². The zero-order chi connectivity index (χ0) is 14.0. The minimum absolute atomic E-state index is 0.113. The van der Waals surface area contributed by atoms with Crippen LogP contribution in [-0.4, -0.2) is 29.6 Å². The first kappa shape index (κ1) is 13.2. The van der Waals surface area contributed by atoms with Gasteiger partial charge in [-0.25, -0.2) is 4.98 Å². The highest BCUT2D eigenvalue weighted by Gasteiger charge is 2.13. The third-order valence-electron chi connectivity index (χ3n) is 2.97. The summed E-state index contributed by atoms with van der Waals surface area (Å²) in [5.74, 6) is 1.71. The zero-order valence-electron chi connectivity index (χ0n) is 11.3. The number of benzene rings is 1. The molecule has 0 spiro atoms. The maximum Gasteiger partial charge on any atom is 0.201 e. The standard InChI is InChI=1S/C13H17N3O3/c1-8(17)4-5-16-10-7-12(19-3)11(18-2)6-9(10)15-13(16)14/h6-7H,4-5H2,1-3H3,(H2,14,15). The molecule has 0 radical (unpaired) electrons. The molecule has 102 valence electrons. The quantitative estimate of drug-likeness (QED) is 0.886. The average Bonchev–Trinajstić information content (AvgIpc) is 2.69. The molecule has 2 N–H and O–H groups in total. The first-order valence-corrected chi connectivity index (χ1v) is 5.94. The van der Waals surface area contributed by atoms with Gasteiger partial charge in [0.1, 0.15) is 5.78 Å². The second kappa shape index (κ2) is 5.17. The lowest BCUT2D eigenvalue weighted by atomic mass is 10.2. The SMILES string of the molecule is COc1cc2nc(N)n(CCC(C)=O)c2cc1OC. The van der Waals surface area contributed by atoms with Crippen LogP contribution < -0.4 is 15.2 Å². The molecule has 6 nitrogen and oxygen atoms in total. The summed E-state index contributed by atoms with van der Waals surface area (Å²) in [4.78, 5) is 15.4. The highest BCUT2D eigenvalue weighted by molar-refractivity contribution is 5.83. The number of imidazole rings is 1. The summed E-state index contributed by atoms with van der Waals surface area (Å²) in [5, 5.41) is 0. The lowest BCUT2D eigenvalue weighted by Gasteiger charge is -2.09. The highest BCUT2D eigenvalue weighted by Crippen LogP contribution is 2.32. The summed E-state index contributed by atoms with van der Waals surface area (Å²) in [6.07, 6.45) is 0.421. The molecule has 19 heavy (non-hydrogen) atoms. The van der Waals surface area contributed by atoms with Crippen LogP contribution in [0.1, 0.15) is 13.3 Å². The van der Waals surface area contributed by atoms with Gasteiger partial charge in [-0.2, -0.15) is 0 Å². The lowest BCUT2D eigenvalue weighted by molar-refractivity contribution is -0.117. The van der Waals surface area contributed by atoms with Crippen LogP contribution in [-0.2, 0) is 11.3 Å². The molecule has 0 amide bonds. The maximum atomic E-state index is 11.1. The third-order valence-corrected chi connectivity index (χ3v) is 2.97. The fourth-order valence-electron chi connectivity index (χ4n) is 1.97. The Hall–Kier alpha value is -2.24. The van der Waals surface area contributed by atoms with E-state index in [4.69, 9.17) is 15.2 Å². The van der Waals surface area contributed by atoms with Crippen LogP contribution in [0, 0.1) is 0 Å². The molecule has 1 heterocycles. The topological polar surface area (TPSA) is 79.4 Å². The molecule has 0 bridgehead atoms. The van der Waals surface area contributed by atoms with Crippen molar-refractivity contribution in [3.05, 3.63) is 12.1 Å². The number of nitrogens with two attached hydrogens (primary N) is 1. The molecular weight excluding hydrogens is 246 g/mol. The zero-order valence-corrected chi connectivity index (χ0v) is 11.3. The predicted molar refractivity (Wildman–Crippen MR) is 72.5 cm³/mol. The van der Waals surface area contributed by atoms with E-state index in [0.29, 0.717) is 30.4 Å². The summed E-state index contributed by atoms with van der Waals surface area (Å²) in [6.45, 7) is 2.06. The molecule has 2 rings (SSSR count). The monoisotopic (exact) mass is 263 g/mol. The van der Waals surface area contributed by atoms with Gasteiger partial charge in [0.2, 0.25) is 5.95 Å². The number of ketones is 1. The van der Waals surface area contributed by atoms with Gasteiger partial charge in [-0.05, 0) is 6.92 Å². The summed E-state index contributed by atoms with van der Waals surface area (Å²) in [7, 11) is 3.14. The summed E-state index contributed by atoms with van der Waals surface area (Å²) < 4.78 is 12.3. The first-order chi connectivity index (χ1) is 9.06. The number of carbonyl (C=O) groups is 1. The predicted octanol–water partition coefficient (Wildman–Crippen LogP) is 1.61. The van der Waals surface area contributed by atoms with Crippen molar-refractivity contribution in [3.63, 3.8) is 0 Å². The Morgan fingerprint density at radius 3 is 2.53 bits per heavy atom. The van der Waals surface area contributed by atoms with E-state index in [1.54, 1.807) is 31.8 Å². The van der Waals surface area contributed by atoms with Gasteiger partial charge < -0.3 is 19.8 Å². The number of nitrogens with zero attached hydrogens (tertiary/aromatic N) is 2. The molecule has 1 aromatic heterocycles. The van der Waals surface area contributed by atoms with Crippen molar-refractivity contribution in [2.24, 2.45) is 0 Å². The molecule has 2 aromatic rings. The highest BCUT2D eigenvalue weighted by atomic mass is 16.5. The van der Waals surface area contributed by atoms with Crippen molar-refractivity contribution in [3.8, 4) is 11.5 Å². The molecule has 1 aromatic carbocycles. The van der Waals surface area contributed by atoms with Gasteiger partial charge >= 0.3 is 0 Å². The molecule has 6 heteroatoms. The molecular formula is C13H17N3O3. The molecule has 0 aliphatic heterocycles. The Labute approximate surface area is 111 Å². The van der Waals surface area contributed by atoms with Crippen LogP contribution in [0.4, 0.5) is 5.95 Å². The largest absolute Gasteiger partial charge is 0.493 e. The minimum Gasteiger partial charge on any atom is -0.493 e. The number of anilines is 1. The van der Waals surface area contributed by atoms with Crippen molar-refractivity contribution in [1.29, 1.82) is 0 Å². The summed E-state index contributed by atoms with van der Waals surface area (Å²) in [6, 6.07) is 3.59. The fourth-order valence-corrected chi connectivity index (χ4v) is 1.97. The number of rotatable bonds is 5. The van der Waals surface area contributed by atoms with Gasteiger partial charge in [0.05, 0.1) is 25.3 Å². The van der Waals surface area contributed by atoms with E-state index in [0.717, 1.165) is 11.0 Å². The van der Waals surface area contributed by atoms with Crippen molar-refractivity contribution < 1.29 is 14.3 Å². The van der Waals surface area contributed by atoms with Gasteiger partial charge in [-0.3, -0.25) is 4.79 Å². The molecule has 0 atom stereocenters. The van der Waals surface area contributed by atoms with E-state index >= 15 is 0 Å². The minimum atomic E-state index is 0.113.